The van der Waals surface area contributed by atoms with E-state index in [9.17, 15) is 4.79 Å². The number of hydrogen-bond donors (Lipinski definition) is 1. The first-order valence-electron chi connectivity index (χ1n) is 5.49. The maximum Gasteiger partial charge on any atom is 0.326 e. The van der Waals surface area contributed by atoms with Gasteiger partial charge in [0.1, 0.15) is 0 Å². The van der Waals surface area contributed by atoms with Crippen molar-refractivity contribution in [3.8, 4) is 0 Å². The molecule has 0 fully saturated rings. The van der Waals surface area contributed by atoms with Crippen molar-refractivity contribution in [2.24, 2.45) is 0 Å². The lowest BCUT2D eigenvalue weighted by molar-refractivity contribution is 0.236. The predicted molar refractivity (Wildman–Crippen MR) is 66.2 cm³/mol. The second kappa shape index (κ2) is 4.00. The van der Waals surface area contributed by atoms with Crippen LogP contribution in [0.1, 0.15) is 24.5 Å². The molecule has 84 valence electrons. The van der Waals surface area contributed by atoms with Crippen molar-refractivity contribution >= 4 is 17.4 Å². The minimum absolute atomic E-state index is 0.0731. The Hall–Kier alpha value is -1.77. The molecule has 0 bridgehead atoms. The van der Waals surface area contributed by atoms with E-state index in [1.54, 1.807) is 11.9 Å². The highest BCUT2D eigenvalue weighted by atomic mass is 16.2. The van der Waals surface area contributed by atoms with Gasteiger partial charge >= 0.3 is 6.03 Å². The van der Waals surface area contributed by atoms with Crippen LogP contribution >= 0.6 is 0 Å². The molecule has 2 rings (SSSR count). The van der Waals surface area contributed by atoms with E-state index < -0.39 is 0 Å². The molecule has 0 unspecified atom stereocenters. The number of anilines is 1. The molecule has 3 nitrogen and oxygen atoms in total. The van der Waals surface area contributed by atoms with Gasteiger partial charge in [-0.1, -0.05) is 24.6 Å². The van der Waals surface area contributed by atoms with Crippen LogP contribution in [0, 0.1) is 6.92 Å². The normalized spacial score (nSPS) is 17.3. The summed E-state index contributed by atoms with van der Waals surface area (Å²) in [7, 11) is 1.79. The fraction of sp³-hybridized carbons (Fsp3) is 0.308. The molecule has 0 atom stereocenters. The van der Waals surface area contributed by atoms with Crippen LogP contribution in [-0.4, -0.2) is 18.0 Å². The fourth-order valence-electron chi connectivity index (χ4n) is 1.91. The molecule has 3 heteroatoms. The van der Waals surface area contributed by atoms with Gasteiger partial charge in [0.2, 0.25) is 0 Å². The van der Waals surface area contributed by atoms with Crippen LogP contribution in [-0.2, 0) is 0 Å². The number of urea groups is 1. The third-order valence-corrected chi connectivity index (χ3v) is 2.76. The van der Waals surface area contributed by atoms with Gasteiger partial charge in [-0.15, -0.1) is 0 Å². The van der Waals surface area contributed by atoms with Gasteiger partial charge < -0.3 is 5.32 Å². The molecule has 1 aromatic carbocycles. The Labute approximate surface area is 95.8 Å². The van der Waals surface area contributed by atoms with Crippen LogP contribution in [0.2, 0.25) is 0 Å². The van der Waals surface area contributed by atoms with E-state index in [4.69, 9.17) is 0 Å². The van der Waals surface area contributed by atoms with Crippen LogP contribution in [0.3, 0.4) is 0 Å². The Morgan fingerprint density at radius 2 is 2.19 bits per heavy atom. The lowest BCUT2D eigenvalue weighted by atomic mass is 10.0. The third kappa shape index (κ3) is 1.69. The highest BCUT2D eigenvalue weighted by Crippen LogP contribution is 2.31. The quantitative estimate of drug-likeness (QED) is 0.768. The smallest absolute Gasteiger partial charge is 0.307 e. The second-order valence-corrected chi connectivity index (χ2v) is 4.04. The summed E-state index contributed by atoms with van der Waals surface area (Å²) in [5, 5.41) is 2.87. The molecule has 0 saturated heterocycles. The lowest BCUT2D eigenvalue weighted by Gasteiger charge is -2.29. The van der Waals surface area contributed by atoms with Crippen molar-refractivity contribution in [2.45, 2.75) is 20.3 Å². The Kier molecular flexibility index (Phi) is 2.69. The number of benzene rings is 1. The highest BCUT2D eigenvalue weighted by molar-refractivity contribution is 6.02. The van der Waals surface area contributed by atoms with Crippen molar-refractivity contribution in [3.63, 3.8) is 0 Å². The summed E-state index contributed by atoms with van der Waals surface area (Å²) in [6, 6.07) is 6.00. The molecule has 2 amide bonds. The summed E-state index contributed by atoms with van der Waals surface area (Å²) < 4.78 is 0. The minimum Gasteiger partial charge on any atom is -0.307 e. The van der Waals surface area contributed by atoms with Gasteiger partial charge in [0.05, 0.1) is 11.4 Å². The zero-order chi connectivity index (χ0) is 11.7. The first kappa shape index (κ1) is 10.7. The summed E-state index contributed by atoms with van der Waals surface area (Å²) >= 11 is 0. The Morgan fingerprint density at radius 3 is 2.88 bits per heavy atom. The first-order chi connectivity index (χ1) is 7.63. The van der Waals surface area contributed by atoms with E-state index in [0.717, 1.165) is 23.4 Å². The Balaban J connectivity index is 2.58. The lowest BCUT2D eigenvalue weighted by Crippen LogP contribution is -2.34. The summed E-state index contributed by atoms with van der Waals surface area (Å²) in [6.07, 6.45) is 3.00. The summed E-state index contributed by atoms with van der Waals surface area (Å²) in [5.74, 6) is 0. The molecular formula is C13H16N2O. The van der Waals surface area contributed by atoms with Gasteiger partial charge in [0.25, 0.3) is 0 Å². The van der Waals surface area contributed by atoms with Crippen LogP contribution in [0.25, 0.3) is 5.70 Å². The number of allylic oxidation sites excluding steroid dienone is 1. The summed E-state index contributed by atoms with van der Waals surface area (Å²) in [4.78, 5) is 13.4. The van der Waals surface area contributed by atoms with Crippen molar-refractivity contribution in [1.29, 1.82) is 0 Å². The zero-order valence-electron chi connectivity index (χ0n) is 9.87. The molecular weight excluding hydrogens is 200 g/mol. The van der Waals surface area contributed by atoms with Crippen molar-refractivity contribution < 1.29 is 4.79 Å². The predicted octanol–water partition coefficient (Wildman–Crippen LogP) is 3.22. The van der Waals surface area contributed by atoms with E-state index in [2.05, 4.69) is 31.3 Å². The van der Waals surface area contributed by atoms with E-state index in [-0.39, 0.29) is 6.03 Å². The largest absolute Gasteiger partial charge is 0.326 e. The molecule has 1 aliphatic rings. The molecule has 0 spiro atoms. The Bertz CT molecular complexity index is 463. The molecule has 16 heavy (non-hydrogen) atoms. The van der Waals surface area contributed by atoms with E-state index in [0.29, 0.717) is 0 Å². The number of nitrogens with one attached hydrogen (secondary N) is 1. The Morgan fingerprint density at radius 1 is 1.44 bits per heavy atom. The van der Waals surface area contributed by atoms with Gasteiger partial charge in [0, 0.05) is 12.6 Å². The average Bonchev–Trinajstić information content (AvgIpc) is 2.26. The molecule has 1 N–H and O–H groups in total. The third-order valence-electron chi connectivity index (χ3n) is 2.76. The van der Waals surface area contributed by atoms with Gasteiger partial charge in [-0.05, 0) is 25.5 Å². The van der Waals surface area contributed by atoms with Gasteiger partial charge in [-0.25, -0.2) is 4.79 Å². The number of carbonyl (C=O) groups is 1. The number of fused-ring (bicyclic) bond motifs is 1. The summed E-state index contributed by atoms with van der Waals surface area (Å²) in [6.45, 7) is 4.13. The molecule has 1 aliphatic heterocycles. The number of carbonyl (C=O) groups excluding carboxylic acids is 1. The van der Waals surface area contributed by atoms with Crippen LogP contribution in [0.4, 0.5) is 10.5 Å². The molecule has 0 aliphatic carbocycles. The average molecular weight is 216 g/mol. The SMILES string of the molecule is CCC=C1c2cc(C)ccc2NC(=O)N1C. The number of nitrogens with zero attached hydrogens (tertiary/aromatic N) is 1. The number of rotatable bonds is 1. The maximum absolute atomic E-state index is 11.7. The molecule has 0 aromatic heterocycles. The first-order valence-corrected chi connectivity index (χ1v) is 5.49. The standard InChI is InChI=1S/C13H16N2O/c1-4-5-12-10-8-9(2)6-7-11(10)14-13(16)15(12)3/h5-8H,4H2,1-3H3,(H,14,16). The van der Waals surface area contributed by atoms with E-state index in [1.807, 2.05) is 12.1 Å². The monoisotopic (exact) mass is 216 g/mol. The maximum atomic E-state index is 11.7. The summed E-state index contributed by atoms with van der Waals surface area (Å²) in [5.41, 5.74) is 4.19. The minimum atomic E-state index is -0.0731. The number of amides is 2. The van der Waals surface area contributed by atoms with Crippen LogP contribution in [0.15, 0.2) is 24.3 Å². The zero-order valence-corrected chi connectivity index (χ0v) is 9.87. The molecule has 0 radical (unpaired) electrons. The highest BCUT2D eigenvalue weighted by Gasteiger charge is 2.23. The van der Waals surface area contributed by atoms with Crippen LogP contribution < -0.4 is 5.32 Å². The van der Waals surface area contributed by atoms with Crippen molar-refractivity contribution in [1.82, 2.24) is 4.90 Å². The number of hydrogen-bond acceptors (Lipinski definition) is 1. The van der Waals surface area contributed by atoms with Crippen LogP contribution in [0.5, 0.6) is 0 Å². The van der Waals surface area contributed by atoms with Gasteiger partial charge in [0.15, 0.2) is 0 Å². The van der Waals surface area contributed by atoms with E-state index >= 15 is 0 Å². The molecule has 0 saturated carbocycles. The second-order valence-electron chi connectivity index (χ2n) is 4.04. The van der Waals surface area contributed by atoms with E-state index in [1.165, 1.54) is 5.56 Å². The number of aryl methyl sites for hydroxylation is 1. The fourth-order valence-corrected chi connectivity index (χ4v) is 1.91. The van der Waals surface area contributed by atoms with Crippen molar-refractivity contribution in [2.75, 3.05) is 12.4 Å². The van der Waals surface area contributed by atoms with Gasteiger partial charge in [-0.3, -0.25) is 4.90 Å². The van der Waals surface area contributed by atoms with Crippen molar-refractivity contribution in [3.05, 3.63) is 35.4 Å². The van der Waals surface area contributed by atoms with Gasteiger partial charge in [-0.2, -0.15) is 0 Å². The topological polar surface area (TPSA) is 32.3 Å². The molecule has 1 aromatic rings. The molecule has 1 heterocycles.